The van der Waals surface area contributed by atoms with Crippen molar-refractivity contribution in [3.63, 3.8) is 0 Å². The van der Waals surface area contributed by atoms with Crippen LogP contribution in [0.2, 0.25) is 0 Å². The van der Waals surface area contributed by atoms with Gasteiger partial charge in [-0.25, -0.2) is 0 Å². The molecule has 0 bridgehead atoms. The third-order valence-electron chi connectivity index (χ3n) is 3.56. The second-order valence-corrected chi connectivity index (χ2v) is 5.40. The maximum absolute atomic E-state index is 12.0. The van der Waals surface area contributed by atoms with Crippen LogP contribution in [0.3, 0.4) is 0 Å². The number of ether oxygens (including phenoxy) is 1. The number of H-pyrrole nitrogens is 1. The van der Waals surface area contributed by atoms with Gasteiger partial charge in [0.2, 0.25) is 0 Å². The topological polar surface area (TPSA) is 67.0 Å². The minimum absolute atomic E-state index is 0.0197. The van der Waals surface area contributed by atoms with Gasteiger partial charge in [-0.05, 0) is 42.3 Å². The normalized spacial score (nSPS) is 10.7. The van der Waals surface area contributed by atoms with E-state index in [1.54, 1.807) is 6.20 Å². The number of rotatable bonds is 6. The molecular formula is C18H19N3O2. The monoisotopic (exact) mass is 309 g/mol. The highest BCUT2D eigenvalue weighted by molar-refractivity contribution is 5.94. The van der Waals surface area contributed by atoms with Crippen molar-refractivity contribution in [3.8, 4) is 5.75 Å². The zero-order chi connectivity index (χ0) is 16.1. The van der Waals surface area contributed by atoms with Crippen molar-refractivity contribution in [2.24, 2.45) is 0 Å². The predicted molar refractivity (Wildman–Crippen MR) is 90.7 cm³/mol. The highest BCUT2D eigenvalue weighted by Crippen LogP contribution is 2.17. The maximum atomic E-state index is 12.0. The Balaban J connectivity index is 1.54. The summed E-state index contributed by atoms with van der Waals surface area (Å²) < 4.78 is 5.51. The second kappa shape index (κ2) is 6.96. The fourth-order valence-electron chi connectivity index (χ4n) is 2.40. The second-order valence-electron chi connectivity index (χ2n) is 5.40. The molecule has 3 aromatic rings. The number of amides is 1. The molecule has 0 spiro atoms. The number of carbonyl (C=O) groups excluding carboxylic acids is 1. The van der Waals surface area contributed by atoms with Gasteiger partial charge in [0.15, 0.2) is 6.61 Å². The first-order valence-corrected chi connectivity index (χ1v) is 7.69. The zero-order valence-corrected chi connectivity index (χ0v) is 13.0. The van der Waals surface area contributed by atoms with Gasteiger partial charge in [-0.15, -0.1) is 0 Å². The Morgan fingerprint density at radius 2 is 2.04 bits per heavy atom. The number of nitrogens with one attached hydrogen (secondary N) is 2. The Labute approximate surface area is 134 Å². The number of fused-ring (bicyclic) bond motifs is 1. The molecule has 0 unspecified atom stereocenters. The van der Waals surface area contributed by atoms with Gasteiger partial charge >= 0.3 is 0 Å². The Kier molecular flexibility index (Phi) is 4.57. The lowest BCUT2D eigenvalue weighted by molar-refractivity contribution is -0.118. The number of anilines is 1. The lowest BCUT2D eigenvalue weighted by atomic mass is 10.1. The lowest BCUT2D eigenvalue weighted by Gasteiger charge is -2.08. The summed E-state index contributed by atoms with van der Waals surface area (Å²) in [6.45, 7) is 2.13. The van der Waals surface area contributed by atoms with Crippen LogP contribution in [-0.4, -0.2) is 22.7 Å². The molecule has 1 aromatic heterocycles. The highest BCUT2D eigenvalue weighted by atomic mass is 16.5. The Morgan fingerprint density at radius 1 is 1.22 bits per heavy atom. The summed E-state index contributed by atoms with van der Waals surface area (Å²) >= 11 is 0. The molecule has 5 heteroatoms. The van der Waals surface area contributed by atoms with E-state index < -0.39 is 0 Å². The SMILES string of the molecule is CCCc1ccc(OCC(=O)Nc2ccc3cn[nH]c3c2)cc1. The van der Waals surface area contributed by atoms with Crippen molar-refractivity contribution in [1.82, 2.24) is 10.2 Å². The standard InChI is InChI=1S/C18H19N3O2/c1-2-3-13-4-8-16(9-5-13)23-12-18(22)20-15-7-6-14-11-19-21-17(14)10-15/h4-11H,2-3,12H2,1H3,(H,19,21)(H,20,22). The molecule has 1 heterocycles. The maximum Gasteiger partial charge on any atom is 0.262 e. The van der Waals surface area contributed by atoms with E-state index in [1.807, 2.05) is 42.5 Å². The van der Waals surface area contributed by atoms with Crippen molar-refractivity contribution in [3.05, 3.63) is 54.2 Å². The van der Waals surface area contributed by atoms with E-state index in [1.165, 1.54) is 5.56 Å². The first-order chi connectivity index (χ1) is 11.2. The summed E-state index contributed by atoms with van der Waals surface area (Å²) in [6.07, 6.45) is 3.91. The summed E-state index contributed by atoms with van der Waals surface area (Å²) in [6, 6.07) is 13.5. The van der Waals surface area contributed by atoms with Crippen LogP contribution in [0.1, 0.15) is 18.9 Å². The van der Waals surface area contributed by atoms with Crippen LogP contribution < -0.4 is 10.1 Å². The summed E-state index contributed by atoms with van der Waals surface area (Å²) in [4.78, 5) is 12.0. The average molecular weight is 309 g/mol. The van der Waals surface area contributed by atoms with Gasteiger partial charge in [0, 0.05) is 11.1 Å². The van der Waals surface area contributed by atoms with Crippen LogP contribution in [0.15, 0.2) is 48.7 Å². The highest BCUT2D eigenvalue weighted by Gasteiger charge is 2.05. The zero-order valence-electron chi connectivity index (χ0n) is 13.0. The first kappa shape index (κ1) is 15.1. The van der Waals surface area contributed by atoms with Crippen LogP contribution in [0.4, 0.5) is 5.69 Å². The summed E-state index contributed by atoms with van der Waals surface area (Å²) in [5.74, 6) is 0.505. The predicted octanol–water partition coefficient (Wildman–Crippen LogP) is 3.53. The molecule has 23 heavy (non-hydrogen) atoms. The molecule has 0 radical (unpaired) electrons. The van der Waals surface area contributed by atoms with E-state index >= 15 is 0 Å². The van der Waals surface area contributed by atoms with Crippen molar-refractivity contribution in [1.29, 1.82) is 0 Å². The Bertz CT molecular complexity index is 793. The van der Waals surface area contributed by atoms with Gasteiger partial charge in [0.05, 0.1) is 11.7 Å². The number of hydrogen-bond donors (Lipinski definition) is 2. The van der Waals surface area contributed by atoms with Gasteiger partial charge in [-0.2, -0.15) is 5.10 Å². The van der Waals surface area contributed by atoms with Crippen LogP contribution in [0, 0.1) is 0 Å². The molecule has 3 rings (SSSR count). The summed E-state index contributed by atoms with van der Waals surface area (Å²) in [7, 11) is 0. The molecular weight excluding hydrogens is 290 g/mol. The van der Waals surface area contributed by atoms with E-state index in [0.717, 1.165) is 23.7 Å². The van der Waals surface area contributed by atoms with Gasteiger partial charge in [0.25, 0.3) is 5.91 Å². The van der Waals surface area contributed by atoms with Crippen molar-refractivity contribution < 1.29 is 9.53 Å². The van der Waals surface area contributed by atoms with E-state index in [-0.39, 0.29) is 12.5 Å². The van der Waals surface area contributed by atoms with E-state index in [9.17, 15) is 4.79 Å². The Hall–Kier alpha value is -2.82. The first-order valence-electron chi connectivity index (χ1n) is 7.69. The van der Waals surface area contributed by atoms with Crippen molar-refractivity contribution in [2.45, 2.75) is 19.8 Å². The minimum Gasteiger partial charge on any atom is -0.484 e. The summed E-state index contributed by atoms with van der Waals surface area (Å²) in [5, 5.41) is 10.6. The van der Waals surface area contributed by atoms with Crippen molar-refractivity contribution in [2.75, 3.05) is 11.9 Å². The van der Waals surface area contributed by atoms with E-state index in [2.05, 4.69) is 22.4 Å². The lowest BCUT2D eigenvalue weighted by Crippen LogP contribution is -2.20. The third kappa shape index (κ3) is 3.88. The molecule has 2 aromatic carbocycles. The van der Waals surface area contributed by atoms with Crippen molar-refractivity contribution >= 4 is 22.5 Å². The smallest absolute Gasteiger partial charge is 0.262 e. The molecule has 118 valence electrons. The largest absolute Gasteiger partial charge is 0.484 e. The number of aromatic nitrogens is 2. The van der Waals surface area contributed by atoms with Gasteiger partial charge < -0.3 is 10.1 Å². The molecule has 0 aliphatic carbocycles. The fourth-order valence-corrected chi connectivity index (χ4v) is 2.40. The van der Waals surface area contributed by atoms with Crippen LogP contribution in [0.5, 0.6) is 5.75 Å². The van der Waals surface area contributed by atoms with E-state index in [0.29, 0.717) is 11.4 Å². The van der Waals surface area contributed by atoms with Crippen LogP contribution in [-0.2, 0) is 11.2 Å². The molecule has 0 saturated heterocycles. The molecule has 5 nitrogen and oxygen atoms in total. The number of aromatic amines is 1. The number of benzene rings is 2. The molecule has 1 amide bonds. The number of hydrogen-bond acceptors (Lipinski definition) is 3. The molecule has 0 fully saturated rings. The molecule has 0 aliphatic heterocycles. The third-order valence-corrected chi connectivity index (χ3v) is 3.56. The van der Waals surface area contributed by atoms with Crippen LogP contribution in [0.25, 0.3) is 10.9 Å². The quantitative estimate of drug-likeness (QED) is 0.732. The number of nitrogens with zero attached hydrogens (tertiary/aromatic N) is 1. The number of aryl methyl sites for hydroxylation is 1. The molecule has 0 atom stereocenters. The molecule has 2 N–H and O–H groups in total. The minimum atomic E-state index is -0.193. The van der Waals surface area contributed by atoms with Gasteiger partial charge in [0.1, 0.15) is 5.75 Å². The molecule has 0 saturated carbocycles. The van der Waals surface area contributed by atoms with Gasteiger partial charge in [-0.3, -0.25) is 9.89 Å². The summed E-state index contributed by atoms with van der Waals surface area (Å²) in [5.41, 5.74) is 2.88. The molecule has 0 aliphatic rings. The van der Waals surface area contributed by atoms with Gasteiger partial charge in [-0.1, -0.05) is 25.5 Å². The Morgan fingerprint density at radius 3 is 2.83 bits per heavy atom. The average Bonchev–Trinajstić information content (AvgIpc) is 3.02. The van der Waals surface area contributed by atoms with E-state index in [4.69, 9.17) is 4.74 Å². The fraction of sp³-hybridized carbons (Fsp3) is 0.222. The van der Waals surface area contributed by atoms with Crippen LogP contribution >= 0.6 is 0 Å². The number of carbonyl (C=O) groups is 1.